The van der Waals surface area contributed by atoms with E-state index in [0.717, 1.165) is 28.7 Å². The fraction of sp³-hybridized carbons (Fsp3) is 0.419. The van der Waals surface area contributed by atoms with Gasteiger partial charge >= 0.3 is 6.01 Å². The maximum Gasteiger partial charge on any atom is 0.319 e. The lowest BCUT2D eigenvalue weighted by Gasteiger charge is -2.31. The molecule has 47 heavy (non-hydrogen) atoms. The van der Waals surface area contributed by atoms with Gasteiger partial charge in [0.05, 0.1) is 51.3 Å². The van der Waals surface area contributed by atoms with E-state index >= 15 is 4.39 Å². The zero-order chi connectivity index (χ0) is 33.2. The first-order chi connectivity index (χ1) is 22.6. The number of nitrogens with two attached hydrogens (primary N) is 1. The minimum atomic E-state index is -2.88. The van der Waals surface area contributed by atoms with Crippen LogP contribution in [-0.2, 0) is 0 Å². The van der Waals surface area contributed by atoms with Crippen LogP contribution in [0, 0.1) is 34.3 Å². The van der Waals surface area contributed by atoms with Crippen molar-refractivity contribution in [1.82, 2.24) is 14.9 Å². The predicted octanol–water partition coefficient (Wildman–Crippen LogP) is 6.60. The van der Waals surface area contributed by atoms with Crippen molar-refractivity contribution in [1.29, 1.82) is 10.5 Å². The summed E-state index contributed by atoms with van der Waals surface area (Å²) in [5.74, 6) is -2.04. The van der Waals surface area contributed by atoms with Gasteiger partial charge in [0, 0.05) is 23.9 Å². The molecule has 244 valence electrons. The highest BCUT2D eigenvalue weighted by molar-refractivity contribution is 7.23. The second kappa shape index (κ2) is 11.8. The summed E-state index contributed by atoms with van der Waals surface area (Å²) in [7, 11) is 0. The average Bonchev–Trinajstić information content (AvgIpc) is 3.65. The molecule has 0 amide bonds. The van der Waals surface area contributed by atoms with Gasteiger partial charge in [-0.1, -0.05) is 17.7 Å². The topological polar surface area (TPSA) is 124 Å². The Morgan fingerprint density at radius 2 is 2.04 bits per heavy atom. The summed E-state index contributed by atoms with van der Waals surface area (Å²) in [5, 5.41) is 19.0. The van der Waals surface area contributed by atoms with Crippen molar-refractivity contribution in [3.05, 3.63) is 34.4 Å². The highest BCUT2D eigenvalue weighted by atomic mass is 35.5. The molecule has 2 N–H and O–H groups in total. The maximum absolute atomic E-state index is 17.0. The normalized spacial score (nSPS) is 22.4. The third-order valence-electron chi connectivity index (χ3n) is 9.17. The van der Waals surface area contributed by atoms with Gasteiger partial charge in [-0.2, -0.15) is 20.5 Å². The molecule has 0 aliphatic carbocycles. The maximum atomic E-state index is 17.0. The van der Waals surface area contributed by atoms with E-state index in [4.69, 9.17) is 26.8 Å². The molecule has 9 nitrogen and oxygen atoms in total. The Bertz CT molecular complexity index is 2020. The largest absolute Gasteiger partial charge is 0.489 e. The lowest BCUT2D eigenvalue weighted by Crippen LogP contribution is -2.44. The van der Waals surface area contributed by atoms with E-state index in [1.807, 2.05) is 17.0 Å². The summed E-state index contributed by atoms with van der Waals surface area (Å²) in [6, 6.07) is 4.96. The molecule has 0 bridgehead atoms. The number of aromatic nitrogens is 2. The van der Waals surface area contributed by atoms with Gasteiger partial charge in [-0.15, -0.1) is 11.3 Å². The number of anilines is 2. The Labute approximate surface area is 273 Å². The molecule has 0 radical (unpaired) electrons. The molecule has 3 aliphatic rings. The van der Waals surface area contributed by atoms with E-state index < -0.39 is 47.9 Å². The van der Waals surface area contributed by atoms with Gasteiger partial charge in [-0.25, -0.2) is 22.0 Å². The van der Waals surface area contributed by atoms with Crippen LogP contribution in [0.4, 0.5) is 32.8 Å². The number of alkyl halides is 3. The summed E-state index contributed by atoms with van der Waals surface area (Å²) >= 11 is 7.68. The molecule has 1 unspecified atom stereocenters. The van der Waals surface area contributed by atoms with E-state index in [1.54, 1.807) is 0 Å². The summed E-state index contributed by atoms with van der Waals surface area (Å²) < 4.78 is 86.5. The number of hydrogen-bond acceptors (Lipinski definition) is 10. The zero-order valence-electron chi connectivity index (χ0n) is 24.5. The third kappa shape index (κ3) is 5.03. The molecule has 4 aromatic rings. The minimum absolute atomic E-state index is 0.00611. The molecular formula is C31H25ClF5N7O2S. The van der Waals surface area contributed by atoms with Gasteiger partial charge in [0.25, 0.3) is 6.43 Å². The average molecular weight is 690 g/mol. The lowest BCUT2D eigenvalue weighted by molar-refractivity contribution is 0.107. The van der Waals surface area contributed by atoms with Crippen LogP contribution < -0.4 is 20.1 Å². The Morgan fingerprint density at radius 1 is 1.23 bits per heavy atom. The quantitative estimate of drug-likeness (QED) is 0.214. The van der Waals surface area contributed by atoms with Crippen molar-refractivity contribution in [3.63, 3.8) is 0 Å². The van der Waals surface area contributed by atoms with Crippen LogP contribution in [0.5, 0.6) is 11.8 Å². The zero-order valence-corrected chi connectivity index (χ0v) is 26.1. The fourth-order valence-corrected chi connectivity index (χ4v) is 8.42. The summed E-state index contributed by atoms with van der Waals surface area (Å²) in [5.41, 5.74) is 4.66. The number of hydrogen-bond donors (Lipinski definition) is 1. The van der Waals surface area contributed by atoms with Crippen LogP contribution in [-0.4, -0.2) is 71.9 Å². The van der Waals surface area contributed by atoms with Crippen molar-refractivity contribution in [2.45, 2.75) is 49.9 Å². The Morgan fingerprint density at radius 3 is 2.79 bits per heavy atom. The van der Waals surface area contributed by atoms with Crippen LogP contribution in [0.15, 0.2) is 12.1 Å². The number of ether oxygens (including phenoxy) is 2. The van der Waals surface area contributed by atoms with E-state index in [2.05, 4.69) is 9.97 Å². The van der Waals surface area contributed by atoms with Crippen molar-refractivity contribution in [2.24, 2.45) is 0 Å². The molecule has 2 aromatic carbocycles. The van der Waals surface area contributed by atoms with Crippen molar-refractivity contribution in [2.75, 3.05) is 43.5 Å². The number of thiophene rings is 1. The van der Waals surface area contributed by atoms with Gasteiger partial charge in [0.1, 0.15) is 47.6 Å². The molecule has 2 aromatic heterocycles. The SMILES string of the molecule is N#CCC1COc2c(Cl)c(-c3ccc(F)c4sc(N)c(C#N)c34)c(F)c3nc(OC[C@@]45CCCN4C[C@H](F)C5)nc(c23)N1CC(F)F. The molecule has 2 saturated heterocycles. The molecule has 16 heteroatoms. The number of benzene rings is 2. The molecular weight excluding hydrogens is 665 g/mol. The predicted molar refractivity (Wildman–Crippen MR) is 166 cm³/mol. The Balaban J connectivity index is 1.47. The molecule has 0 saturated carbocycles. The molecule has 2 fully saturated rings. The first-order valence-electron chi connectivity index (χ1n) is 14.8. The summed E-state index contributed by atoms with van der Waals surface area (Å²) in [4.78, 5) is 12.0. The Hall–Kier alpha value is -4.18. The number of nitrogen functional groups attached to an aromatic ring is 1. The molecule has 7 rings (SSSR count). The molecule has 0 spiro atoms. The van der Waals surface area contributed by atoms with Crippen molar-refractivity contribution in [3.8, 4) is 35.0 Å². The molecule has 3 atom stereocenters. The summed E-state index contributed by atoms with van der Waals surface area (Å²) in [6.07, 6.45) is -2.45. The molecule has 5 heterocycles. The number of halogens is 6. The van der Waals surface area contributed by atoms with Gasteiger partial charge in [0.15, 0.2) is 11.6 Å². The standard InChI is InChI=1S/C31H25ClF5N7O2S/c32-23-21(16-2-3-18(34)27-20(16)17(9-39)28(40)47-27)24(37)25-22-26(23)45-12-15(4-6-38)44(11-19(35)36)29(22)42-30(41-25)46-13-31-5-1-7-43(31)10-14(33)8-31/h2-3,14-15,19H,1,4-5,7-8,10-13,40H2/t14-,15?,31+/m1/s1. The molecule has 3 aliphatic heterocycles. The fourth-order valence-electron chi connectivity index (χ4n) is 7.14. The number of rotatable bonds is 7. The van der Waals surface area contributed by atoms with Gasteiger partial charge in [-0.05, 0) is 31.0 Å². The van der Waals surface area contributed by atoms with Crippen LogP contribution in [0.2, 0.25) is 5.02 Å². The lowest BCUT2D eigenvalue weighted by atomic mass is 9.95. The summed E-state index contributed by atoms with van der Waals surface area (Å²) in [6.45, 7) is -0.255. The monoisotopic (exact) mass is 689 g/mol. The van der Waals surface area contributed by atoms with Crippen molar-refractivity contribution < 1.29 is 31.4 Å². The van der Waals surface area contributed by atoms with E-state index in [9.17, 15) is 28.1 Å². The first kappa shape index (κ1) is 31.4. The van der Waals surface area contributed by atoms with Crippen LogP contribution in [0.25, 0.3) is 32.1 Å². The van der Waals surface area contributed by atoms with Gasteiger partial charge in [0.2, 0.25) is 0 Å². The van der Waals surface area contributed by atoms with Crippen LogP contribution >= 0.6 is 22.9 Å². The van der Waals surface area contributed by atoms with Crippen LogP contribution in [0.1, 0.15) is 31.2 Å². The number of nitrogens with zero attached hydrogens (tertiary/aromatic N) is 6. The van der Waals surface area contributed by atoms with E-state index in [1.165, 1.54) is 6.07 Å². The first-order valence-corrected chi connectivity index (χ1v) is 16.0. The second-order valence-corrected chi connectivity index (χ2v) is 13.3. The number of fused-ring (bicyclic) bond motifs is 2. The highest BCUT2D eigenvalue weighted by Gasteiger charge is 2.49. The smallest absolute Gasteiger partial charge is 0.319 e. The Kier molecular flexibility index (Phi) is 7.89. The minimum Gasteiger partial charge on any atom is -0.489 e. The van der Waals surface area contributed by atoms with Gasteiger partial charge in [-0.3, -0.25) is 4.90 Å². The second-order valence-electron chi connectivity index (χ2n) is 11.9. The third-order valence-corrected chi connectivity index (χ3v) is 10.6. The number of nitriles is 2. The van der Waals surface area contributed by atoms with Crippen molar-refractivity contribution >= 4 is 54.7 Å². The van der Waals surface area contributed by atoms with Gasteiger partial charge < -0.3 is 20.1 Å². The van der Waals surface area contributed by atoms with E-state index in [0.29, 0.717) is 13.0 Å². The van der Waals surface area contributed by atoms with Crippen LogP contribution in [0.3, 0.4) is 0 Å². The van der Waals surface area contributed by atoms with E-state index in [-0.39, 0.29) is 92.4 Å². The highest BCUT2D eigenvalue weighted by Crippen LogP contribution is 2.51.